The van der Waals surface area contributed by atoms with E-state index in [1.165, 1.54) is 6.20 Å². The quantitative estimate of drug-likeness (QED) is 0.627. The summed E-state index contributed by atoms with van der Waals surface area (Å²) in [5.74, 6) is 0. The smallest absolute Gasteiger partial charge is 0.406 e. The number of hydrogen-bond donors (Lipinski definition) is 3. The molecule has 8 heteroatoms. The number of nitrogens with one attached hydrogen (secondary N) is 1. The molecule has 2 aromatic heterocycles. The molecule has 88 valence electrons. The van der Waals surface area contributed by atoms with Crippen molar-refractivity contribution in [2.24, 2.45) is 0 Å². The standard InChI is InChI=1S/C5H8BN3O.C4H5N3/c1-6(10)9-5-2-3-7-8-4-5;5-4-1-2-6-7-3-4/h2-4,10H,1H3,(H,7,9);1-3H,(H2,5,6). The van der Waals surface area contributed by atoms with Gasteiger partial charge in [0, 0.05) is 5.69 Å². The number of hydrogen-bond acceptors (Lipinski definition) is 7. The number of nitrogen functional groups attached to an aromatic ring is 1. The van der Waals surface area contributed by atoms with Gasteiger partial charge in [0.15, 0.2) is 0 Å². The van der Waals surface area contributed by atoms with Crippen LogP contribution >= 0.6 is 0 Å². The highest BCUT2D eigenvalue weighted by molar-refractivity contribution is 6.52. The van der Waals surface area contributed by atoms with E-state index in [1.54, 1.807) is 37.5 Å². The highest BCUT2D eigenvalue weighted by atomic mass is 16.2. The predicted octanol–water partition coefficient (Wildman–Crippen LogP) is 0.0576. The normalized spacial score (nSPS) is 8.82. The van der Waals surface area contributed by atoms with Crippen LogP contribution < -0.4 is 11.0 Å². The molecule has 2 heterocycles. The molecule has 0 radical (unpaired) electrons. The lowest BCUT2D eigenvalue weighted by Gasteiger charge is -2.02. The molecular weight excluding hydrogens is 219 g/mol. The molecule has 0 bridgehead atoms. The Balaban J connectivity index is 0.000000181. The topological polar surface area (TPSA) is 110 Å². The summed E-state index contributed by atoms with van der Waals surface area (Å²) < 4.78 is 0. The molecule has 2 aromatic rings. The summed E-state index contributed by atoms with van der Waals surface area (Å²) in [5.41, 5.74) is 6.67. The van der Waals surface area contributed by atoms with Crippen LogP contribution in [0.4, 0.5) is 11.4 Å². The zero-order valence-corrected chi connectivity index (χ0v) is 9.35. The number of aromatic nitrogens is 4. The molecular formula is C9H13BN6O. The largest absolute Gasteiger partial charge is 0.433 e. The fourth-order valence-electron chi connectivity index (χ4n) is 0.918. The molecule has 0 aliphatic carbocycles. The van der Waals surface area contributed by atoms with Crippen molar-refractivity contribution in [3.63, 3.8) is 0 Å². The van der Waals surface area contributed by atoms with Crippen LogP contribution in [0.1, 0.15) is 0 Å². The Kier molecular flexibility index (Phi) is 5.39. The van der Waals surface area contributed by atoms with Gasteiger partial charge >= 0.3 is 7.05 Å². The molecule has 2 rings (SSSR count). The lowest BCUT2D eigenvalue weighted by molar-refractivity contribution is 0.587. The van der Waals surface area contributed by atoms with E-state index in [0.29, 0.717) is 5.69 Å². The minimum atomic E-state index is -0.552. The zero-order chi connectivity index (χ0) is 12.5. The molecule has 0 aliphatic heterocycles. The maximum absolute atomic E-state index is 8.85. The van der Waals surface area contributed by atoms with Crippen molar-refractivity contribution in [3.05, 3.63) is 36.9 Å². The van der Waals surface area contributed by atoms with Crippen molar-refractivity contribution < 1.29 is 5.02 Å². The summed E-state index contributed by atoms with van der Waals surface area (Å²) in [7, 11) is -0.552. The second kappa shape index (κ2) is 7.12. The maximum Gasteiger partial charge on any atom is 0.406 e. The van der Waals surface area contributed by atoms with Crippen molar-refractivity contribution in [1.82, 2.24) is 20.4 Å². The van der Waals surface area contributed by atoms with Crippen molar-refractivity contribution in [2.75, 3.05) is 11.0 Å². The first kappa shape index (κ1) is 12.9. The fourth-order valence-corrected chi connectivity index (χ4v) is 0.918. The number of rotatable bonds is 2. The summed E-state index contributed by atoms with van der Waals surface area (Å²) in [6.45, 7) is 1.64. The van der Waals surface area contributed by atoms with Gasteiger partial charge in [0.2, 0.25) is 0 Å². The van der Waals surface area contributed by atoms with Crippen LogP contribution in [0.2, 0.25) is 6.82 Å². The van der Waals surface area contributed by atoms with Gasteiger partial charge < -0.3 is 16.0 Å². The minimum absolute atomic E-state index is 0.552. The molecule has 0 aromatic carbocycles. The number of nitrogens with zero attached hydrogens (tertiary/aromatic N) is 4. The van der Waals surface area contributed by atoms with Crippen LogP contribution in [-0.4, -0.2) is 32.5 Å². The van der Waals surface area contributed by atoms with Gasteiger partial charge in [-0.2, -0.15) is 20.4 Å². The molecule has 0 saturated carbocycles. The van der Waals surface area contributed by atoms with Gasteiger partial charge in [0.1, 0.15) is 0 Å². The lowest BCUT2D eigenvalue weighted by atomic mass is 9.89. The molecule has 0 spiro atoms. The molecule has 7 nitrogen and oxygen atoms in total. The second-order valence-electron chi connectivity index (χ2n) is 3.13. The van der Waals surface area contributed by atoms with Crippen LogP contribution in [0.15, 0.2) is 36.9 Å². The highest BCUT2D eigenvalue weighted by Crippen LogP contribution is 2.00. The summed E-state index contributed by atoms with van der Waals surface area (Å²) in [4.78, 5) is 0. The first-order valence-electron chi connectivity index (χ1n) is 4.92. The van der Waals surface area contributed by atoms with E-state index in [1.807, 2.05) is 0 Å². The number of nitrogens with two attached hydrogens (primary N) is 1. The van der Waals surface area contributed by atoms with E-state index >= 15 is 0 Å². The van der Waals surface area contributed by atoms with Crippen molar-refractivity contribution in [3.8, 4) is 0 Å². The number of anilines is 2. The monoisotopic (exact) mass is 232 g/mol. The minimum Gasteiger partial charge on any atom is -0.433 e. The Bertz CT molecular complexity index is 412. The van der Waals surface area contributed by atoms with Crippen LogP contribution in [0.25, 0.3) is 0 Å². The van der Waals surface area contributed by atoms with Gasteiger partial charge in [-0.3, -0.25) is 0 Å². The van der Waals surface area contributed by atoms with Gasteiger partial charge in [-0.15, -0.1) is 0 Å². The van der Waals surface area contributed by atoms with Gasteiger partial charge in [-0.1, -0.05) is 0 Å². The van der Waals surface area contributed by atoms with Crippen LogP contribution in [0, 0.1) is 0 Å². The molecule has 0 saturated heterocycles. The van der Waals surface area contributed by atoms with E-state index in [9.17, 15) is 0 Å². The molecule has 0 amide bonds. The Morgan fingerprint density at radius 2 is 1.76 bits per heavy atom. The summed E-state index contributed by atoms with van der Waals surface area (Å²) in [6.07, 6.45) is 6.16. The SMILES string of the molecule is CB(O)Nc1ccnnc1.Nc1ccnnc1. The molecule has 0 aliphatic rings. The van der Waals surface area contributed by atoms with Gasteiger partial charge in [-0.25, -0.2) is 0 Å². The molecule has 0 fully saturated rings. The Labute approximate surface area is 99.2 Å². The Morgan fingerprint density at radius 3 is 2.12 bits per heavy atom. The van der Waals surface area contributed by atoms with Crippen molar-refractivity contribution in [1.29, 1.82) is 0 Å². The van der Waals surface area contributed by atoms with Crippen molar-refractivity contribution in [2.45, 2.75) is 6.82 Å². The van der Waals surface area contributed by atoms with Gasteiger partial charge in [-0.05, 0) is 19.0 Å². The molecule has 0 unspecified atom stereocenters. The average Bonchev–Trinajstić information content (AvgIpc) is 2.31. The third-order valence-corrected chi connectivity index (χ3v) is 1.57. The molecule has 4 N–H and O–H groups in total. The first-order chi connectivity index (χ1) is 8.18. The van der Waals surface area contributed by atoms with Crippen LogP contribution in [0.5, 0.6) is 0 Å². The predicted molar refractivity (Wildman–Crippen MR) is 65.9 cm³/mol. The van der Waals surface area contributed by atoms with Gasteiger partial charge in [0.05, 0.1) is 30.5 Å². The fraction of sp³-hybridized carbons (Fsp3) is 0.111. The Morgan fingerprint density at radius 1 is 1.12 bits per heavy atom. The summed E-state index contributed by atoms with van der Waals surface area (Å²) in [5, 5.41) is 25.8. The molecule has 17 heavy (non-hydrogen) atoms. The van der Waals surface area contributed by atoms with Gasteiger partial charge in [0.25, 0.3) is 0 Å². The average molecular weight is 232 g/mol. The summed E-state index contributed by atoms with van der Waals surface area (Å²) in [6, 6.07) is 3.42. The highest BCUT2D eigenvalue weighted by Gasteiger charge is 2.00. The maximum atomic E-state index is 8.85. The van der Waals surface area contributed by atoms with Crippen molar-refractivity contribution >= 4 is 18.4 Å². The third kappa shape index (κ3) is 6.05. The van der Waals surface area contributed by atoms with E-state index < -0.39 is 7.05 Å². The Hall–Kier alpha value is -2.22. The van der Waals surface area contributed by atoms with E-state index in [-0.39, 0.29) is 0 Å². The lowest BCUT2D eigenvalue weighted by Crippen LogP contribution is -2.19. The third-order valence-electron chi connectivity index (χ3n) is 1.57. The zero-order valence-electron chi connectivity index (χ0n) is 9.35. The van der Waals surface area contributed by atoms with Crippen LogP contribution in [-0.2, 0) is 0 Å². The first-order valence-corrected chi connectivity index (χ1v) is 4.92. The van der Waals surface area contributed by atoms with Crippen LogP contribution in [0.3, 0.4) is 0 Å². The summed E-state index contributed by atoms with van der Waals surface area (Å²) >= 11 is 0. The molecule has 0 atom stereocenters. The second-order valence-corrected chi connectivity index (χ2v) is 3.13. The van der Waals surface area contributed by atoms with E-state index in [2.05, 4.69) is 25.6 Å². The van der Waals surface area contributed by atoms with E-state index in [0.717, 1.165) is 5.69 Å². The van der Waals surface area contributed by atoms with E-state index in [4.69, 9.17) is 10.8 Å².